The summed E-state index contributed by atoms with van der Waals surface area (Å²) in [6.07, 6.45) is 0.0589. The van der Waals surface area contributed by atoms with E-state index < -0.39 is 5.97 Å². The fourth-order valence-electron chi connectivity index (χ4n) is 2.54. The third-order valence-electron chi connectivity index (χ3n) is 3.88. The van der Waals surface area contributed by atoms with Crippen molar-refractivity contribution in [1.82, 2.24) is 4.98 Å². The van der Waals surface area contributed by atoms with Gasteiger partial charge in [0.05, 0.1) is 29.7 Å². The number of nitrogens with zero attached hydrogens (tertiary/aromatic N) is 1. The number of hydrogen-bond donors (Lipinski definition) is 1. The summed E-state index contributed by atoms with van der Waals surface area (Å²) in [6.45, 7) is 3.53. The smallest absolute Gasteiger partial charge is 0.335 e. The van der Waals surface area contributed by atoms with E-state index >= 15 is 0 Å². The minimum absolute atomic E-state index is 0.0589. The normalized spacial score (nSPS) is 10.7. The second-order valence-electron chi connectivity index (χ2n) is 5.49. The average Bonchev–Trinajstić information content (AvgIpc) is 3.06. The number of rotatable bonds is 5. The summed E-state index contributed by atoms with van der Waals surface area (Å²) in [5.74, 6) is -1.33. The minimum Gasteiger partial charge on any atom is -0.478 e. The molecule has 26 heavy (non-hydrogen) atoms. The van der Waals surface area contributed by atoms with Crippen LogP contribution in [0.5, 0.6) is 0 Å². The Kier molecular flexibility index (Phi) is 4.77. The van der Waals surface area contributed by atoms with Gasteiger partial charge < -0.3 is 14.3 Å². The van der Waals surface area contributed by atoms with Gasteiger partial charge in [-0.25, -0.2) is 9.78 Å². The number of carboxylic acid groups (broad SMARTS) is 1. The first-order valence-electron chi connectivity index (χ1n) is 7.59. The molecule has 3 aromatic rings. The Morgan fingerprint density at radius 2 is 2.00 bits per heavy atom. The number of halogens is 1. The van der Waals surface area contributed by atoms with Gasteiger partial charge in [0.2, 0.25) is 5.89 Å². The van der Waals surface area contributed by atoms with E-state index in [1.807, 2.05) is 0 Å². The van der Waals surface area contributed by atoms with Crippen molar-refractivity contribution >= 4 is 40.2 Å². The number of carboxylic acids is 1. The summed E-state index contributed by atoms with van der Waals surface area (Å²) >= 11 is 6.36. The molecule has 3 rings (SSSR count). The maximum Gasteiger partial charge on any atom is 0.335 e. The van der Waals surface area contributed by atoms with Crippen molar-refractivity contribution in [3.8, 4) is 11.5 Å². The van der Waals surface area contributed by atoms with Crippen LogP contribution in [0.2, 0.25) is 5.02 Å². The quantitative estimate of drug-likeness (QED) is 0.539. The highest BCUT2D eigenvalue weighted by atomic mass is 35.5. The SMILES string of the molecule is C=C(C(=O)O)c1cccc(-c2nc3c(CC(=O)OC)cccc3o2)c1Cl. The Labute approximate surface area is 153 Å². The summed E-state index contributed by atoms with van der Waals surface area (Å²) in [5, 5.41) is 9.32. The lowest BCUT2D eigenvalue weighted by atomic mass is 10.0. The van der Waals surface area contributed by atoms with Crippen LogP contribution in [0.25, 0.3) is 28.1 Å². The van der Waals surface area contributed by atoms with Gasteiger partial charge in [-0.1, -0.05) is 42.4 Å². The van der Waals surface area contributed by atoms with Crippen molar-refractivity contribution in [3.63, 3.8) is 0 Å². The minimum atomic E-state index is -1.16. The lowest BCUT2D eigenvalue weighted by molar-refractivity contribution is -0.139. The molecule has 0 aliphatic rings. The van der Waals surface area contributed by atoms with Crippen LogP contribution in [0, 0.1) is 0 Å². The lowest BCUT2D eigenvalue weighted by Gasteiger charge is -2.06. The molecular formula is C19H14ClNO5. The van der Waals surface area contributed by atoms with Gasteiger partial charge in [-0.05, 0) is 17.7 Å². The Morgan fingerprint density at radius 1 is 1.27 bits per heavy atom. The number of esters is 1. The predicted molar refractivity (Wildman–Crippen MR) is 96.8 cm³/mol. The zero-order chi connectivity index (χ0) is 18.8. The molecule has 7 heteroatoms. The number of carbonyl (C=O) groups excluding carboxylic acids is 1. The number of ether oxygens (including phenoxy) is 1. The summed E-state index contributed by atoms with van der Waals surface area (Å²) < 4.78 is 10.5. The second-order valence-corrected chi connectivity index (χ2v) is 5.86. The van der Waals surface area contributed by atoms with Crippen LogP contribution in [0.4, 0.5) is 0 Å². The topological polar surface area (TPSA) is 89.6 Å². The van der Waals surface area contributed by atoms with Gasteiger partial charge in [-0.15, -0.1) is 0 Å². The van der Waals surface area contributed by atoms with E-state index in [-0.39, 0.29) is 34.4 Å². The molecule has 0 aliphatic heterocycles. The predicted octanol–water partition coefficient (Wildman–Crippen LogP) is 3.96. The van der Waals surface area contributed by atoms with Crippen LogP contribution in [0.15, 0.2) is 47.4 Å². The molecule has 0 amide bonds. The van der Waals surface area contributed by atoms with E-state index in [1.54, 1.807) is 36.4 Å². The summed E-state index contributed by atoms with van der Waals surface area (Å²) in [6, 6.07) is 10.1. The Hall–Kier alpha value is -3.12. The number of hydrogen-bond acceptors (Lipinski definition) is 5. The van der Waals surface area contributed by atoms with Gasteiger partial charge in [0.1, 0.15) is 5.52 Å². The fraction of sp³-hybridized carbons (Fsp3) is 0.105. The van der Waals surface area contributed by atoms with Crippen LogP contribution in [0.3, 0.4) is 0 Å². The van der Waals surface area contributed by atoms with E-state index in [9.17, 15) is 9.59 Å². The molecule has 0 atom stereocenters. The van der Waals surface area contributed by atoms with Gasteiger partial charge in [0, 0.05) is 5.56 Å². The summed E-state index contributed by atoms with van der Waals surface area (Å²) in [4.78, 5) is 27.2. The molecule has 0 saturated heterocycles. The third kappa shape index (κ3) is 3.19. The van der Waals surface area contributed by atoms with Crippen molar-refractivity contribution in [3.05, 3.63) is 59.1 Å². The van der Waals surface area contributed by atoms with Crippen molar-refractivity contribution in [1.29, 1.82) is 0 Å². The molecule has 0 radical (unpaired) electrons. The molecular weight excluding hydrogens is 358 g/mol. The Balaban J connectivity index is 2.11. The van der Waals surface area contributed by atoms with Crippen molar-refractivity contribution in [2.45, 2.75) is 6.42 Å². The standard InChI is InChI=1S/C19H14ClNO5/c1-10(19(23)24)12-6-4-7-13(16(12)20)18-21-17-11(9-15(22)25-2)5-3-8-14(17)26-18/h3-8H,1,9H2,2H3,(H,23,24). The van der Waals surface area contributed by atoms with Crippen LogP contribution in [-0.4, -0.2) is 29.1 Å². The molecule has 6 nitrogen and oxygen atoms in total. The highest BCUT2D eigenvalue weighted by Gasteiger charge is 2.19. The van der Waals surface area contributed by atoms with Crippen molar-refractivity contribution in [2.24, 2.45) is 0 Å². The number of aliphatic carboxylic acids is 1. The molecule has 0 fully saturated rings. The molecule has 1 N–H and O–H groups in total. The summed E-state index contributed by atoms with van der Waals surface area (Å²) in [5.41, 5.74) is 2.26. The number of methoxy groups -OCH3 is 1. The van der Waals surface area contributed by atoms with Gasteiger partial charge in [0.25, 0.3) is 0 Å². The largest absolute Gasteiger partial charge is 0.478 e. The zero-order valence-corrected chi connectivity index (χ0v) is 14.5. The number of aromatic nitrogens is 1. The van der Waals surface area contributed by atoms with Crippen LogP contribution in [-0.2, 0) is 20.7 Å². The van der Waals surface area contributed by atoms with Crippen LogP contribution < -0.4 is 0 Å². The monoisotopic (exact) mass is 371 g/mol. The van der Waals surface area contributed by atoms with E-state index in [1.165, 1.54) is 7.11 Å². The van der Waals surface area contributed by atoms with Crippen LogP contribution in [0.1, 0.15) is 11.1 Å². The first-order valence-corrected chi connectivity index (χ1v) is 7.97. The number of para-hydroxylation sites is 1. The molecule has 0 bridgehead atoms. The van der Waals surface area contributed by atoms with E-state index in [0.717, 1.165) is 0 Å². The molecule has 1 aromatic heterocycles. The fourth-order valence-corrected chi connectivity index (χ4v) is 2.86. The summed E-state index contributed by atoms with van der Waals surface area (Å²) in [7, 11) is 1.32. The van der Waals surface area contributed by atoms with Crippen molar-refractivity contribution < 1.29 is 23.8 Å². The maximum absolute atomic E-state index is 11.6. The average molecular weight is 372 g/mol. The molecule has 0 saturated carbocycles. The van der Waals surface area contributed by atoms with Gasteiger partial charge in [-0.2, -0.15) is 0 Å². The zero-order valence-electron chi connectivity index (χ0n) is 13.8. The van der Waals surface area contributed by atoms with Crippen molar-refractivity contribution in [2.75, 3.05) is 7.11 Å². The Morgan fingerprint density at radius 3 is 2.69 bits per heavy atom. The highest BCUT2D eigenvalue weighted by molar-refractivity contribution is 6.36. The maximum atomic E-state index is 11.6. The van der Waals surface area contributed by atoms with E-state index in [2.05, 4.69) is 11.6 Å². The highest BCUT2D eigenvalue weighted by Crippen LogP contribution is 2.35. The molecule has 2 aromatic carbocycles. The number of oxazole rings is 1. The molecule has 132 valence electrons. The van der Waals surface area contributed by atoms with Gasteiger partial charge in [0.15, 0.2) is 5.58 Å². The third-order valence-corrected chi connectivity index (χ3v) is 4.28. The first-order chi connectivity index (χ1) is 12.4. The Bertz CT molecular complexity index is 1040. The molecule has 0 aliphatic carbocycles. The van der Waals surface area contributed by atoms with E-state index in [0.29, 0.717) is 22.2 Å². The number of benzene rings is 2. The first kappa shape index (κ1) is 17.7. The molecule has 0 unspecified atom stereocenters. The second kappa shape index (κ2) is 7.01. The van der Waals surface area contributed by atoms with Gasteiger partial charge in [-0.3, -0.25) is 4.79 Å². The van der Waals surface area contributed by atoms with E-state index in [4.69, 9.17) is 25.9 Å². The molecule has 1 heterocycles. The number of fused-ring (bicyclic) bond motifs is 1. The van der Waals surface area contributed by atoms with Gasteiger partial charge >= 0.3 is 11.9 Å². The number of carbonyl (C=O) groups is 2. The lowest BCUT2D eigenvalue weighted by Crippen LogP contribution is -2.04. The molecule has 0 spiro atoms. The van der Waals surface area contributed by atoms with Crippen LogP contribution >= 0.6 is 11.6 Å².